The van der Waals surface area contributed by atoms with Crippen LogP contribution in [0.1, 0.15) is 13.8 Å². The number of carboxylic acid groups (broad SMARTS) is 1. The Morgan fingerprint density at radius 2 is 2.12 bits per heavy atom. The van der Waals surface area contributed by atoms with Gasteiger partial charge in [0.15, 0.2) is 0 Å². The molecule has 0 aliphatic rings. The lowest BCUT2D eigenvalue weighted by molar-refractivity contribution is -0.146. The fraction of sp³-hybridized carbons (Fsp3) is 0.556. The van der Waals surface area contributed by atoms with E-state index in [0.717, 1.165) is 4.90 Å². The van der Waals surface area contributed by atoms with Crippen molar-refractivity contribution in [2.45, 2.75) is 19.4 Å². The maximum Gasteiger partial charge on any atom is 0.329 e. The predicted molar refractivity (Wildman–Crippen MR) is 59.5 cm³/mol. The summed E-state index contributed by atoms with van der Waals surface area (Å²) in [6, 6.07) is -0.562. The summed E-state index contributed by atoms with van der Waals surface area (Å²) in [6.07, 6.45) is 1.29. The minimum absolute atomic E-state index is 0.253. The maximum atomic E-state index is 11.8. The van der Waals surface area contributed by atoms with Crippen LogP contribution < -0.4 is 5.32 Å². The van der Waals surface area contributed by atoms with Crippen molar-refractivity contribution >= 4 is 17.9 Å². The average molecular weight is 241 g/mol. The van der Waals surface area contributed by atoms with Gasteiger partial charge in [0.05, 0.1) is 0 Å². The number of hydrogen-bond acceptors (Lipinski definition) is 4. The van der Waals surface area contributed by atoms with Gasteiger partial charge in [-0.3, -0.25) is 5.32 Å². The molecule has 0 saturated carbocycles. The molecule has 1 aromatic rings. The van der Waals surface area contributed by atoms with Gasteiger partial charge in [0.2, 0.25) is 5.95 Å². The van der Waals surface area contributed by atoms with Gasteiger partial charge in [-0.2, -0.15) is 10.1 Å². The van der Waals surface area contributed by atoms with Crippen LogP contribution in [-0.4, -0.2) is 49.4 Å². The first-order valence-electron chi connectivity index (χ1n) is 4.89. The highest BCUT2D eigenvalue weighted by atomic mass is 16.4. The van der Waals surface area contributed by atoms with Gasteiger partial charge in [-0.1, -0.05) is 0 Å². The molecule has 0 fully saturated rings. The predicted octanol–water partition coefficient (Wildman–Crippen LogP) is 0.142. The third-order valence-electron chi connectivity index (χ3n) is 2.60. The first kappa shape index (κ1) is 12.9. The van der Waals surface area contributed by atoms with E-state index < -0.39 is 17.5 Å². The number of carbonyl (C=O) groups excluding carboxylic acids is 1. The van der Waals surface area contributed by atoms with Crippen LogP contribution in [0.5, 0.6) is 0 Å². The Hall–Kier alpha value is -2.12. The Labute approximate surface area is 98.2 Å². The molecule has 0 spiro atoms. The van der Waals surface area contributed by atoms with Crippen molar-refractivity contribution in [1.29, 1.82) is 0 Å². The summed E-state index contributed by atoms with van der Waals surface area (Å²) in [5.41, 5.74) is -1.30. The fourth-order valence-corrected chi connectivity index (χ4v) is 0.986. The molecule has 0 aliphatic heterocycles. The summed E-state index contributed by atoms with van der Waals surface area (Å²) in [7, 11) is 3.02. The van der Waals surface area contributed by atoms with Crippen molar-refractivity contribution in [2.24, 2.45) is 7.05 Å². The highest BCUT2D eigenvalue weighted by Crippen LogP contribution is 2.13. The zero-order chi connectivity index (χ0) is 13.2. The van der Waals surface area contributed by atoms with Gasteiger partial charge in [-0.15, -0.1) is 0 Å². The Morgan fingerprint density at radius 3 is 2.53 bits per heavy atom. The normalized spacial score (nSPS) is 11.1. The lowest BCUT2D eigenvalue weighted by Gasteiger charge is -2.31. The SMILES string of the molecule is CN(C(=O)Nc1ncnn1C)C(C)(C)C(=O)O. The van der Waals surface area contributed by atoms with E-state index in [1.165, 1.54) is 31.9 Å². The van der Waals surface area contributed by atoms with Crippen LogP contribution in [0.25, 0.3) is 0 Å². The van der Waals surface area contributed by atoms with E-state index in [1.807, 2.05) is 0 Å². The highest BCUT2D eigenvalue weighted by Gasteiger charge is 2.35. The van der Waals surface area contributed by atoms with Crippen LogP contribution >= 0.6 is 0 Å². The number of likely N-dealkylation sites (N-methyl/N-ethyl adjacent to an activating group) is 1. The number of aryl methyl sites for hydroxylation is 1. The number of carboxylic acids is 1. The maximum absolute atomic E-state index is 11.8. The molecule has 0 saturated heterocycles. The van der Waals surface area contributed by atoms with Crippen LogP contribution in [0.15, 0.2) is 6.33 Å². The van der Waals surface area contributed by atoms with Crippen molar-refractivity contribution in [3.05, 3.63) is 6.33 Å². The molecule has 2 N–H and O–H groups in total. The van der Waals surface area contributed by atoms with Gasteiger partial charge in [-0.05, 0) is 13.8 Å². The van der Waals surface area contributed by atoms with Crippen LogP contribution in [-0.2, 0) is 11.8 Å². The molecule has 0 unspecified atom stereocenters. The molecule has 8 heteroatoms. The molecule has 94 valence electrons. The first-order valence-corrected chi connectivity index (χ1v) is 4.89. The first-order chi connectivity index (χ1) is 7.76. The molecule has 2 amide bonds. The van der Waals surface area contributed by atoms with Crippen molar-refractivity contribution in [3.8, 4) is 0 Å². The number of hydrogen-bond donors (Lipinski definition) is 2. The number of urea groups is 1. The zero-order valence-corrected chi connectivity index (χ0v) is 10.1. The summed E-state index contributed by atoms with van der Waals surface area (Å²) in [4.78, 5) is 27.7. The third kappa shape index (κ3) is 2.52. The summed E-state index contributed by atoms with van der Waals surface area (Å²) < 4.78 is 1.37. The third-order valence-corrected chi connectivity index (χ3v) is 2.60. The minimum Gasteiger partial charge on any atom is -0.480 e. The number of nitrogens with zero attached hydrogens (tertiary/aromatic N) is 4. The van der Waals surface area contributed by atoms with E-state index in [0.29, 0.717) is 0 Å². The molecule has 0 bridgehead atoms. The lowest BCUT2D eigenvalue weighted by Crippen LogP contribution is -2.52. The molecular formula is C9H15N5O3. The molecule has 0 aromatic carbocycles. The molecule has 0 atom stereocenters. The largest absolute Gasteiger partial charge is 0.480 e. The number of aromatic nitrogens is 3. The highest BCUT2D eigenvalue weighted by molar-refractivity contribution is 5.92. The molecule has 17 heavy (non-hydrogen) atoms. The van der Waals surface area contributed by atoms with E-state index in [4.69, 9.17) is 5.11 Å². The van der Waals surface area contributed by atoms with Gasteiger partial charge in [-0.25, -0.2) is 14.3 Å². The quantitative estimate of drug-likeness (QED) is 0.784. The second-order valence-electron chi connectivity index (χ2n) is 4.06. The molecular weight excluding hydrogens is 226 g/mol. The van der Waals surface area contributed by atoms with Gasteiger partial charge in [0.1, 0.15) is 11.9 Å². The van der Waals surface area contributed by atoms with Crippen LogP contribution in [0.3, 0.4) is 0 Å². The molecule has 1 rings (SSSR count). The molecule has 0 radical (unpaired) electrons. The molecule has 1 aromatic heterocycles. The topological polar surface area (TPSA) is 100 Å². The van der Waals surface area contributed by atoms with Crippen LogP contribution in [0.2, 0.25) is 0 Å². The van der Waals surface area contributed by atoms with Gasteiger partial charge in [0, 0.05) is 14.1 Å². The number of nitrogens with one attached hydrogen (secondary N) is 1. The Morgan fingerprint density at radius 1 is 1.53 bits per heavy atom. The zero-order valence-electron chi connectivity index (χ0n) is 10.1. The fourth-order valence-electron chi connectivity index (χ4n) is 0.986. The molecule has 0 aliphatic carbocycles. The lowest BCUT2D eigenvalue weighted by atomic mass is 10.1. The Balaban J connectivity index is 2.78. The van der Waals surface area contributed by atoms with E-state index in [1.54, 1.807) is 7.05 Å². The number of rotatable bonds is 3. The number of anilines is 1. The summed E-state index contributed by atoms with van der Waals surface area (Å²) in [6.45, 7) is 2.87. The Kier molecular flexibility index (Phi) is 3.35. The second kappa shape index (κ2) is 4.40. The van der Waals surface area contributed by atoms with Crippen molar-refractivity contribution in [1.82, 2.24) is 19.7 Å². The van der Waals surface area contributed by atoms with E-state index >= 15 is 0 Å². The summed E-state index contributed by atoms with van der Waals surface area (Å²) in [5, 5.41) is 15.2. The van der Waals surface area contributed by atoms with Gasteiger partial charge >= 0.3 is 12.0 Å². The molecule has 8 nitrogen and oxygen atoms in total. The molecule has 1 heterocycles. The minimum atomic E-state index is -1.30. The van der Waals surface area contributed by atoms with E-state index in [2.05, 4.69) is 15.4 Å². The number of amides is 2. The van der Waals surface area contributed by atoms with Crippen molar-refractivity contribution in [3.63, 3.8) is 0 Å². The average Bonchev–Trinajstić information content (AvgIpc) is 2.63. The van der Waals surface area contributed by atoms with Crippen LogP contribution in [0, 0.1) is 0 Å². The number of carbonyl (C=O) groups is 2. The second-order valence-corrected chi connectivity index (χ2v) is 4.06. The van der Waals surface area contributed by atoms with Crippen LogP contribution in [0.4, 0.5) is 10.7 Å². The monoisotopic (exact) mass is 241 g/mol. The van der Waals surface area contributed by atoms with Gasteiger partial charge < -0.3 is 10.0 Å². The Bertz CT molecular complexity index is 440. The summed E-state index contributed by atoms with van der Waals surface area (Å²) in [5.74, 6) is -0.837. The smallest absolute Gasteiger partial charge is 0.329 e. The van der Waals surface area contributed by atoms with E-state index in [-0.39, 0.29) is 5.95 Å². The van der Waals surface area contributed by atoms with Crippen molar-refractivity contribution < 1.29 is 14.7 Å². The van der Waals surface area contributed by atoms with E-state index in [9.17, 15) is 9.59 Å². The van der Waals surface area contributed by atoms with Crippen molar-refractivity contribution in [2.75, 3.05) is 12.4 Å². The number of aliphatic carboxylic acids is 1. The summed E-state index contributed by atoms with van der Waals surface area (Å²) >= 11 is 0. The van der Waals surface area contributed by atoms with Gasteiger partial charge in [0.25, 0.3) is 0 Å². The standard InChI is InChI=1S/C9H15N5O3/c1-9(2,6(15)16)13(3)8(17)12-7-10-5-11-14(7)4/h5H,1-4H3,(H,15,16)(H,10,11,12,17).